The second-order valence-electron chi connectivity index (χ2n) is 7.49. The molecule has 0 bridgehead atoms. The lowest BCUT2D eigenvalue weighted by molar-refractivity contribution is -0.123. The van der Waals surface area contributed by atoms with Gasteiger partial charge in [0.15, 0.2) is 0 Å². The summed E-state index contributed by atoms with van der Waals surface area (Å²) in [6.07, 6.45) is 0. The Labute approximate surface area is 177 Å². The number of anilines is 1. The van der Waals surface area contributed by atoms with Crippen LogP contribution < -0.4 is 20.1 Å². The number of hydrogen-bond donors (Lipinski definition) is 2. The quantitative estimate of drug-likeness (QED) is 0.625. The Morgan fingerprint density at radius 2 is 1.55 bits per heavy atom. The second kappa shape index (κ2) is 11.2. The van der Waals surface area contributed by atoms with Crippen molar-refractivity contribution in [1.82, 2.24) is 15.1 Å². The minimum atomic E-state index is -0.146. The van der Waals surface area contributed by atoms with Gasteiger partial charge < -0.3 is 20.1 Å². The van der Waals surface area contributed by atoms with Crippen LogP contribution in [0.15, 0.2) is 12.1 Å². The molecule has 9 heteroatoms. The van der Waals surface area contributed by atoms with Crippen LogP contribution in [0.3, 0.4) is 0 Å². The van der Waals surface area contributed by atoms with E-state index in [2.05, 4.69) is 34.3 Å². The number of nitrogens with zero attached hydrogens (tertiary/aromatic N) is 2. The molecule has 162 valence electrons. The van der Waals surface area contributed by atoms with E-state index in [4.69, 9.17) is 21.1 Å². The van der Waals surface area contributed by atoms with Crippen LogP contribution in [-0.4, -0.2) is 81.6 Å². The van der Waals surface area contributed by atoms with Crippen molar-refractivity contribution in [1.29, 1.82) is 0 Å². The third kappa shape index (κ3) is 7.38. The van der Waals surface area contributed by atoms with Gasteiger partial charge in [0.2, 0.25) is 11.8 Å². The Kier molecular flexibility index (Phi) is 9.00. The van der Waals surface area contributed by atoms with E-state index in [1.807, 2.05) is 0 Å². The third-order valence-corrected chi connectivity index (χ3v) is 4.95. The molecule has 1 heterocycles. The topological polar surface area (TPSA) is 83.1 Å². The van der Waals surface area contributed by atoms with E-state index in [1.165, 1.54) is 14.2 Å². The first-order chi connectivity index (χ1) is 13.8. The molecule has 1 aromatic rings. The molecule has 1 fully saturated rings. The minimum absolute atomic E-state index is 0.0494. The number of methoxy groups -OCH3 is 2. The van der Waals surface area contributed by atoms with Gasteiger partial charge in [-0.15, -0.1) is 0 Å². The summed E-state index contributed by atoms with van der Waals surface area (Å²) < 4.78 is 10.5. The van der Waals surface area contributed by atoms with E-state index in [-0.39, 0.29) is 18.4 Å². The van der Waals surface area contributed by atoms with Gasteiger partial charge in [-0.1, -0.05) is 25.4 Å². The highest BCUT2D eigenvalue weighted by Gasteiger charge is 2.21. The maximum atomic E-state index is 12.5. The predicted molar refractivity (Wildman–Crippen MR) is 114 cm³/mol. The molecular formula is C20H31ClN4O4. The number of rotatable bonds is 9. The zero-order valence-corrected chi connectivity index (χ0v) is 18.3. The number of carbonyl (C=O) groups excluding carboxylic acids is 2. The number of piperazine rings is 1. The monoisotopic (exact) mass is 426 g/mol. The van der Waals surface area contributed by atoms with Gasteiger partial charge in [-0.3, -0.25) is 19.4 Å². The van der Waals surface area contributed by atoms with Gasteiger partial charge in [0.1, 0.15) is 11.5 Å². The molecule has 1 aliphatic rings. The van der Waals surface area contributed by atoms with Crippen molar-refractivity contribution in [2.45, 2.75) is 13.8 Å². The Bertz CT molecular complexity index is 706. The van der Waals surface area contributed by atoms with E-state index in [9.17, 15) is 9.59 Å². The smallest absolute Gasteiger partial charge is 0.238 e. The third-order valence-electron chi connectivity index (χ3n) is 4.65. The first-order valence-electron chi connectivity index (χ1n) is 9.75. The van der Waals surface area contributed by atoms with Crippen molar-refractivity contribution in [2.24, 2.45) is 5.92 Å². The van der Waals surface area contributed by atoms with Crippen molar-refractivity contribution in [3.8, 4) is 11.5 Å². The van der Waals surface area contributed by atoms with Gasteiger partial charge in [0.05, 0.1) is 38.0 Å². The number of carbonyl (C=O) groups is 2. The Morgan fingerprint density at radius 1 is 1.00 bits per heavy atom. The van der Waals surface area contributed by atoms with Crippen LogP contribution in [0, 0.1) is 5.92 Å². The standard InChI is InChI=1S/C20H31ClN4O4/c1-14(2)11-22-19(26)12-24-5-7-25(8-6-24)13-20(27)23-16-9-15(21)17(28-3)10-18(16)29-4/h9-10,14H,5-8,11-13H2,1-4H3,(H,22,26)(H,23,27). The van der Waals surface area contributed by atoms with Gasteiger partial charge in [-0.25, -0.2) is 0 Å². The number of hydrogen-bond acceptors (Lipinski definition) is 6. The van der Waals surface area contributed by atoms with Crippen molar-refractivity contribution < 1.29 is 19.1 Å². The molecule has 0 aromatic heterocycles. The van der Waals surface area contributed by atoms with E-state index in [1.54, 1.807) is 12.1 Å². The molecule has 2 amide bonds. The fourth-order valence-electron chi connectivity index (χ4n) is 3.03. The van der Waals surface area contributed by atoms with Crippen LogP contribution in [0.1, 0.15) is 13.8 Å². The van der Waals surface area contributed by atoms with Crippen molar-refractivity contribution >= 4 is 29.1 Å². The van der Waals surface area contributed by atoms with Crippen LogP contribution in [-0.2, 0) is 9.59 Å². The Balaban J connectivity index is 1.80. The molecule has 2 rings (SSSR count). The zero-order chi connectivity index (χ0) is 21.4. The molecule has 0 atom stereocenters. The summed E-state index contributed by atoms with van der Waals surface area (Å²) in [6.45, 7) is 8.45. The highest BCUT2D eigenvalue weighted by atomic mass is 35.5. The fraction of sp³-hybridized carbons (Fsp3) is 0.600. The van der Waals surface area contributed by atoms with Gasteiger partial charge in [-0.05, 0) is 12.0 Å². The molecule has 8 nitrogen and oxygen atoms in total. The first-order valence-corrected chi connectivity index (χ1v) is 10.1. The van der Waals surface area contributed by atoms with Crippen LogP contribution in [0.5, 0.6) is 11.5 Å². The molecule has 2 N–H and O–H groups in total. The van der Waals surface area contributed by atoms with Crippen LogP contribution in [0.2, 0.25) is 5.02 Å². The lowest BCUT2D eigenvalue weighted by atomic mass is 10.2. The molecule has 1 saturated heterocycles. The van der Waals surface area contributed by atoms with Crippen LogP contribution >= 0.6 is 11.6 Å². The molecule has 0 aliphatic carbocycles. The van der Waals surface area contributed by atoms with Crippen molar-refractivity contribution in [3.05, 3.63) is 17.2 Å². The minimum Gasteiger partial charge on any atom is -0.495 e. The average Bonchev–Trinajstić information content (AvgIpc) is 2.68. The molecule has 0 unspecified atom stereocenters. The van der Waals surface area contributed by atoms with E-state index >= 15 is 0 Å². The molecule has 0 radical (unpaired) electrons. The summed E-state index contributed by atoms with van der Waals surface area (Å²) in [5.74, 6) is 1.31. The molecule has 0 spiro atoms. The summed E-state index contributed by atoms with van der Waals surface area (Å²) in [6, 6.07) is 3.26. The summed E-state index contributed by atoms with van der Waals surface area (Å²) in [4.78, 5) is 28.6. The Morgan fingerprint density at radius 3 is 2.07 bits per heavy atom. The predicted octanol–water partition coefficient (Wildman–Crippen LogP) is 1.69. The second-order valence-corrected chi connectivity index (χ2v) is 7.89. The molecule has 29 heavy (non-hydrogen) atoms. The van der Waals surface area contributed by atoms with Crippen molar-refractivity contribution in [2.75, 3.05) is 65.3 Å². The summed E-state index contributed by atoms with van der Waals surface area (Å²) in [5, 5.41) is 6.18. The molecule has 1 aromatic carbocycles. The maximum absolute atomic E-state index is 12.5. The highest BCUT2D eigenvalue weighted by molar-refractivity contribution is 6.32. The van der Waals surface area contributed by atoms with Gasteiger partial charge in [-0.2, -0.15) is 0 Å². The van der Waals surface area contributed by atoms with E-state index in [0.717, 1.165) is 26.2 Å². The first kappa shape index (κ1) is 23.3. The number of amides is 2. The Hall–Kier alpha value is -2.03. The molecule has 1 aliphatic heterocycles. The number of nitrogens with one attached hydrogen (secondary N) is 2. The molecule has 0 saturated carbocycles. The SMILES string of the molecule is COc1cc(OC)c(NC(=O)CN2CCN(CC(=O)NCC(C)C)CC2)cc1Cl. The number of halogens is 1. The van der Waals surface area contributed by atoms with E-state index < -0.39 is 0 Å². The fourth-order valence-corrected chi connectivity index (χ4v) is 3.27. The lowest BCUT2D eigenvalue weighted by Crippen LogP contribution is -2.51. The average molecular weight is 427 g/mol. The normalized spacial score (nSPS) is 15.2. The summed E-state index contributed by atoms with van der Waals surface area (Å²) >= 11 is 6.15. The van der Waals surface area contributed by atoms with Crippen molar-refractivity contribution in [3.63, 3.8) is 0 Å². The number of ether oxygens (including phenoxy) is 2. The highest BCUT2D eigenvalue weighted by Crippen LogP contribution is 2.35. The molecular weight excluding hydrogens is 396 g/mol. The van der Waals surface area contributed by atoms with Gasteiger partial charge >= 0.3 is 0 Å². The summed E-state index contributed by atoms with van der Waals surface area (Å²) in [7, 11) is 3.04. The summed E-state index contributed by atoms with van der Waals surface area (Å²) in [5.41, 5.74) is 0.503. The lowest BCUT2D eigenvalue weighted by Gasteiger charge is -2.33. The van der Waals surface area contributed by atoms with Crippen LogP contribution in [0.4, 0.5) is 5.69 Å². The number of benzene rings is 1. The van der Waals surface area contributed by atoms with Gasteiger partial charge in [0.25, 0.3) is 0 Å². The zero-order valence-electron chi connectivity index (χ0n) is 17.6. The van der Waals surface area contributed by atoms with Crippen LogP contribution in [0.25, 0.3) is 0 Å². The van der Waals surface area contributed by atoms with E-state index in [0.29, 0.717) is 41.2 Å². The largest absolute Gasteiger partial charge is 0.495 e. The van der Waals surface area contributed by atoms with Gasteiger partial charge in [0, 0.05) is 38.8 Å². The maximum Gasteiger partial charge on any atom is 0.238 e.